The summed E-state index contributed by atoms with van der Waals surface area (Å²) in [5.74, 6) is -2.09. The predicted octanol–water partition coefficient (Wildman–Crippen LogP) is 5.49. The quantitative estimate of drug-likeness (QED) is 0.528. The molecule has 28 heavy (non-hydrogen) atoms. The fraction of sp³-hybridized carbons (Fsp3) is 0.409. The van der Waals surface area contributed by atoms with Crippen molar-refractivity contribution in [3.8, 4) is 5.75 Å². The number of fused-ring (bicyclic) bond motifs is 1. The van der Waals surface area contributed by atoms with Crippen LogP contribution in [0.25, 0.3) is 10.9 Å². The topological polar surface area (TPSA) is 41.2 Å². The second-order valence-corrected chi connectivity index (χ2v) is 7.35. The number of aromatic nitrogens is 2. The van der Waals surface area contributed by atoms with Gasteiger partial charge in [0.25, 0.3) is 5.92 Å². The van der Waals surface area contributed by atoms with Crippen molar-refractivity contribution in [3.63, 3.8) is 0 Å². The highest BCUT2D eigenvalue weighted by atomic mass is 19.3. The van der Waals surface area contributed by atoms with Gasteiger partial charge in [-0.15, -0.1) is 0 Å². The Morgan fingerprint density at radius 2 is 1.89 bits per heavy atom. The SMILES string of the molecule is CCCCN(C)Cc1[nH]nc2ccc(OCc3ccc(C(C)(F)F)cc3)cc12. The van der Waals surface area contributed by atoms with Crippen LogP contribution in [0.4, 0.5) is 8.78 Å². The van der Waals surface area contributed by atoms with Gasteiger partial charge in [0.15, 0.2) is 0 Å². The third kappa shape index (κ3) is 5.07. The average molecular weight is 387 g/mol. The first-order chi connectivity index (χ1) is 13.4. The third-order valence-electron chi connectivity index (χ3n) is 4.79. The van der Waals surface area contributed by atoms with E-state index in [4.69, 9.17) is 4.74 Å². The van der Waals surface area contributed by atoms with Crippen LogP contribution in [0, 0.1) is 0 Å². The normalized spacial score (nSPS) is 12.1. The number of rotatable bonds is 9. The summed E-state index contributed by atoms with van der Waals surface area (Å²) in [5, 5.41) is 8.53. The summed E-state index contributed by atoms with van der Waals surface area (Å²) in [6.45, 7) is 5.25. The van der Waals surface area contributed by atoms with Gasteiger partial charge in [-0.25, -0.2) is 8.78 Å². The van der Waals surface area contributed by atoms with Gasteiger partial charge in [0, 0.05) is 24.4 Å². The third-order valence-corrected chi connectivity index (χ3v) is 4.79. The minimum Gasteiger partial charge on any atom is -0.489 e. The first kappa shape index (κ1) is 20.3. The van der Waals surface area contributed by atoms with Gasteiger partial charge in [0.05, 0.1) is 11.2 Å². The standard InChI is InChI=1S/C22H27F2N3O/c1-4-5-12-27(3)14-21-19-13-18(10-11-20(19)25-26-21)28-15-16-6-8-17(9-7-16)22(2,23)24/h6-11,13H,4-5,12,14-15H2,1-3H3,(H,25,26). The molecule has 0 aliphatic heterocycles. The number of H-pyrrole nitrogens is 1. The van der Waals surface area contributed by atoms with Crippen LogP contribution in [0.1, 0.15) is 43.5 Å². The largest absolute Gasteiger partial charge is 0.489 e. The molecular weight excluding hydrogens is 360 g/mol. The molecule has 0 atom stereocenters. The summed E-state index contributed by atoms with van der Waals surface area (Å²) >= 11 is 0. The molecule has 6 heteroatoms. The molecule has 3 aromatic rings. The second kappa shape index (κ2) is 8.69. The first-order valence-electron chi connectivity index (χ1n) is 9.62. The second-order valence-electron chi connectivity index (χ2n) is 7.35. The fourth-order valence-corrected chi connectivity index (χ4v) is 3.09. The number of aromatic amines is 1. The van der Waals surface area contributed by atoms with E-state index in [1.165, 1.54) is 25.0 Å². The number of ether oxygens (including phenoxy) is 1. The lowest BCUT2D eigenvalue weighted by Gasteiger charge is -2.15. The van der Waals surface area contributed by atoms with Crippen molar-refractivity contribution < 1.29 is 13.5 Å². The molecule has 1 N–H and O–H groups in total. The molecule has 0 saturated carbocycles. The summed E-state index contributed by atoms with van der Waals surface area (Å²) in [5.41, 5.74) is 2.82. The highest BCUT2D eigenvalue weighted by Gasteiger charge is 2.23. The van der Waals surface area contributed by atoms with E-state index in [1.807, 2.05) is 18.2 Å². The van der Waals surface area contributed by atoms with Crippen molar-refractivity contribution in [2.75, 3.05) is 13.6 Å². The van der Waals surface area contributed by atoms with Crippen molar-refractivity contribution in [1.29, 1.82) is 0 Å². The number of alkyl halides is 2. The van der Waals surface area contributed by atoms with Crippen molar-refractivity contribution in [2.24, 2.45) is 0 Å². The molecular formula is C22H27F2N3O. The van der Waals surface area contributed by atoms with Gasteiger partial charge in [-0.05, 0) is 43.8 Å². The van der Waals surface area contributed by atoms with Crippen LogP contribution in [0.3, 0.4) is 0 Å². The zero-order valence-electron chi connectivity index (χ0n) is 16.6. The Hall–Kier alpha value is -2.47. The smallest absolute Gasteiger partial charge is 0.270 e. The lowest BCUT2D eigenvalue weighted by Crippen LogP contribution is -2.19. The highest BCUT2D eigenvalue weighted by molar-refractivity contribution is 5.82. The zero-order chi connectivity index (χ0) is 20.1. The minimum absolute atomic E-state index is 0.00732. The fourth-order valence-electron chi connectivity index (χ4n) is 3.09. The maximum absolute atomic E-state index is 13.3. The number of unbranched alkanes of at least 4 members (excludes halogenated alkanes) is 1. The van der Waals surface area contributed by atoms with Gasteiger partial charge in [-0.2, -0.15) is 5.10 Å². The van der Waals surface area contributed by atoms with Crippen LogP contribution in [0.15, 0.2) is 42.5 Å². The maximum Gasteiger partial charge on any atom is 0.270 e. The Bertz CT molecular complexity index is 900. The summed E-state index contributed by atoms with van der Waals surface area (Å²) in [4.78, 5) is 2.27. The molecule has 0 aliphatic rings. The number of nitrogens with one attached hydrogen (secondary N) is 1. The number of hydrogen-bond donors (Lipinski definition) is 1. The molecule has 1 aromatic heterocycles. The first-order valence-corrected chi connectivity index (χ1v) is 9.62. The summed E-state index contributed by atoms with van der Waals surface area (Å²) in [6, 6.07) is 12.0. The van der Waals surface area contributed by atoms with Crippen molar-refractivity contribution in [2.45, 2.75) is 45.8 Å². The van der Waals surface area contributed by atoms with Crippen LogP contribution >= 0.6 is 0 Å². The number of nitrogens with zero attached hydrogens (tertiary/aromatic N) is 2. The summed E-state index contributed by atoms with van der Waals surface area (Å²) in [7, 11) is 2.10. The molecule has 0 fully saturated rings. The molecule has 0 amide bonds. The molecule has 0 unspecified atom stereocenters. The van der Waals surface area contributed by atoms with Gasteiger partial charge in [-0.3, -0.25) is 5.10 Å². The monoisotopic (exact) mass is 387 g/mol. The Morgan fingerprint density at radius 3 is 2.57 bits per heavy atom. The van der Waals surface area contributed by atoms with E-state index < -0.39 is 5.92 Å². The molecule has 0 saturated heterocycles. The van der Waals surface area contributed by atoms with E-state index in [2.05, 4.69) is 29.1 Å². The van der Waals surface area contributed by atoms with Gasteiger partial charge in [-0.1, -0.05) is 37.6 Å². The molecule has 4 nitrogen and oxygen atoms in total. The number of benzene rings is 2. The molecule has 0 aliphatic carbocycles. The molecule has 0 bridgehead atoms. The van der Waals surface area contributed by atoms with E-state index in [0.29, 0.717) is 6.61 Å². The molecule has 2 aromatic carbocycles. The molecule has 150 valence electrons. The number of halogens is 2. The Morgan fingerprint density at radius 1 is 1.14 bits per heavy atom. The predicted molar refractivity (Wildman–Crippen MR) is 108 cm³/mol. The van der Waals surface area contributed by atoms with E-state index in [0.717, 1.165) is 47.9 Å². The van der Waals surface area contributed by atoms with E-state index in [-0.39, 0.29) is 5.56 Å². The number of hydrogen-bond acceptors (Lipinski definition) is 3. The van der Waals surface area contributed by atoms with Crippen molar-refractivity contribution in [3.05, 3.63) is 59.3 Å². The van der Waals surface area contributed by atoms with Crippen LogP contribution in [-0.4, -0.2) is 28.7 Å². The summed E-state index contributed by atoms with van der Waals surface area (Å²) in [6.07, 6.45) is 2.34. The van der Waals surface area contributed by atoms with Crippen LogP contribution in [-0.2, 0) is 19.1 Å². The van der Waals surface area contributed by atoms with E-state index in [9.17, 15) is 8.78 Å². The Kier molecular flexibility index (Phi) is 6.29. The molecule has 1 heterocycles. The molecule has 3 rings (SSSR count). The molecule has 0 radical (unpaired) electrons. The van der Waals surface area contributed by atoms with Crippen LogP contribution < -0.4 is 4.74 Å². The maximum atomic E-state index is 13.3. The van der Waals surface area contributed by atoms with Crippen molar-refractivity contribution >= 4 is 10.9 Å². The van der Waals surface area contributed by atoms with Crippen molar-refractivity contribution in [1.82, 2.24) is 15.1 Å². The van der Waals surface area contributed by atoms with Gasteiger partial charge in [0.2, 0.25) is 0 Å². The lowest BCUT2D eigenvalue weighted by molar-refractivity contribution is 0.0174. The van der Waals surface area contributed by atoms with Gasteiger partial charge >= 0.3 is 0 Å². The van der Waals surface area contributed by atoms with Crippen LogP contribution in [0.2, 0.25) is 0 Å². The van der Waals surface area contributed by atoms with Gasteiger partial charge in [0.1, 0.15) is 12.4 Å². The van der Waals surface area contributed by atoms with E-state index >= 15 is 0 Å². The average Bonchev–Trinajstić information content (AvgIpc) is 3.06. The molecule has 0 spiro atoms. The van der Waals surface area contributed by atoms with Gasteiger partial charge < -0.3 is 9.64 Å². The van der Waals surface area contributed by atoms with E-state index in [1.54, 1.807) is 12.1 Å². The minimum atomic E-state index is -2.83. The van der Waals surface area contributed by atoms with Crippen LogP contribution in [0.5, 0.6) is 5.75 Å². The summed E-state index contributed by atoms with van der Waals surface area (Å²) < 4.78 is 32.5. The lowest BCUT2D eigenvalue weighted by atomic mass is 10.1. The highest BCUT2D eigenvalue weighted by Crippen LogP contribution is 2.27. The Balaban J connectivity index is 1.67. The Labute approximate surface area is 164 Å². The zero-order valence-corrected chi connectivity index (χ0v) is 16.6.